The molecule has 0 aromatic carbocycles. The summed E-state index contributed by atoms with van der Waals surface area (Å²) < 4.78 is 1.72. The smallest absolute Gasteiger partial charge is 0.265 e. The summed E-state index contributed by atoms with van der Waals surface area (Å²) in [5.41, 5.74) is 2.23. The largest absolute Gasteiger partial charge is 0.282 e. The van der Waals surface area contributed by atoms with Crippen LogP contribution in [0, 0.1) is 0 Å². The summed E-state index contributed by atoms with van der Waals surface area (Å²) in [4.78, 5) is 19.5. The van der Waals surface area contributed by atoms with Crippen molar-refractivity contribution in [2.45, 2.75) is 32.1 Å². The van der Waals surface area contributed by atoms with Gasteiger partial charge < -0.3 is 0 Å². The SMILES string of the molecule is O=c1c2c3c(sc2ncc2cccn12)CCCCC3. The van der Waals surface area contributed by atoms with Crippen molar-refractivity contribution in [1.82, 2.24) is 9.38 Å². The van der Waals surface area contributed by atoms with Gasteiger partial charge in [-0.25, -0.2) is 4.98 Å². The van der Waals surface area contributed by atoms with E-state index in [0.29, 0.717) is 0 Å². The molecule has 96 valence electrons. The van der Waals surface area contributed by atoms with Crippen LogP contribution in [0.15, 0.2) is 29.3 Å². The second kappa shape index (κ2) is 4.17. The molecule has 1 aliphatic rings. The van der Waals surface area contributed by atoms with Crippen molar-refractivity contribution in [2.24, 2.45) is 0 Å². The highest BCUT2D eigenvalue weighted by molar-refractivity contribution is 7.18. The Kier molecular flexibility index (Phi) is 2.45. The van der Waals surface area contributed by atoms with Gasteiger partial charge in [0.15, 0.2) is 0 Å². The van der Waals surface area contributed by atoms with Crippen LogP contribution in [-0.4, -0.2) is 9.38 Å². The molecule has 0 fully saturated rings. The third-order valence-electron chi connectivity index (χ3n) is 3.93. The van der Waals surface area contributed by atoms with Crippen LogP contribution in [0.5, 0.6) is 0 Å². The maximum atomic E-state index is 12.7. The third kappa shape index (κ3) is 1.63. The van der Waals surface area contributed by atoms with Gasteiger partial charge in [-0.05, 0) is 43.4 Å². The zero-order chi connectivity index (χ0) is 12.8. The Morgan fingerprint density at radius 3 is 3.05 bits per heavy atom. The van der Waals surface area contributed by atoms with Gasteiger partial charge in [0.1, 0.15) is 4.83 Å². The summed E-state index contributed by atoms with van der Waals surface area (Å²) in [6, 6.07) is 3.83. The van der Waals surface area contributed by atoms with E-state index in [1.165, 1.54) is 29.7 Å². The molecule has 4 rings (SSSR count). The summed E-state index contributed by atoms with van der Waals surface area (Å²) in [6.45, 7) is 0. The maximum Gasteiger partial charge on any atom is 0.265 e. The Bertz CT molecular complexity index is 831. The van der Waals surface area contributed by atoms with Crippen LogP contribution >= 0.6 is 11.3 Å². The van der Waals surface area contributed by atoms with Crippen molar-refractivity contribution < 1.29 is 0 Å². The number of fused-ring (bicyclic) bond motifs is 4. The highest BCUT2D eigenvalue weighted by Crippen LogP contribution is 2.32. The summed E-state index contributed by atoms with van der Waals surface area (Å²) in [5, 5.41) is 0.855. The number of hydrogen-bond acceptors (Lipinski definition) is 3. The van der Waals surface area contributed by atoms with Crippen LogP contribution in [0.4, 0.5) is 0 Å². The first-order valence-corrected chi connectivity index (χ1v) is 7.57. The topological polar surface area (TPSA) is 34.4 Å². The van der Waals surface area contributed by atoms with Gasteiger partial charge in [-0.1, -0.05) is 6.42 Å². The molecular weight excluding hydrogens is 256 g/mol. The average molecular weight is 270 g/mol. The third-order valence-corrected chi connectivity index (χ3v) is 5.13. The summed E-state index contributed by atoms with van der Waals surface area (Å²) in [5.74, 6) is 0. The monoisotopic (exact) mass is 270 g/mol. The highest BCUT2D eigenvalue weighted by atomic mass is 32.1. The first-order chi connectivity index (χ1) is 9.34. The fourth-order valence-corrected chi connectivity index (χ4v) is 4.19. The van der Waals surface area contributed by atoms with Gasteiger partial charge in [-0.15, -0.1) is 11.3 Å². The molecule has 0 atom stereocenters. The first-order valence-electron chi connectivity index (χ1n) is 6.75. The van der Waals surface area contributed by atoms with Gasteiger partial charge >= 0.3 is 0 Å². The van der Waals surface area contributed by atoms with E-state index in [1.54, 1.807) is 21.9 Å². The maximum absolute atomic E-state index is 12.7. The fraction of sp³-hybridized carbons (Fsp3) is 0.333. The van der Waals surface area contributed by atoms with Crippen LogP contribution in [0.3, 0.4) is 0 Å². The molecule has 0 amide bonds. The Labute approximate surface area is 114 Å². The quantitative estimate of drug-likeness (QED) is 0.588. The van der Waals surface area contributed by atoms with Crippen molar-refractivity contribution in [3.05, 3.63) is 45.3 Å². The fourth-order valence-electron chi connectivity index (χ4n) is 2.97. The van der Waals surface area contributed by atoms with Gasteiger partial charge in [0, 0.05) is 11.1 Å². The van der Waals surface area contributed by atoms with Gasteiger partial charge in [0.2, 0.25) is 0 Å². The second-order valence-electron chi connectivity index (χ2n) is 5.11. The van der Waals surface area contributed by atoms with Crippen LogP contribution in [0.25, 0.3) is 15.7 Å². The van der Waals surface area contributed by atoms with Crippen molar-refractivity contribution in [3.8, 4) is 0 Å². The van der Waals surface area contributed by atoms with Gasteiger partial charge in [0.05, 0.1) is 17.1 Å². The molecule has 3 heterocycles. The molecule has 0 bridgehead atoms. The number of thiophene rings is 1. The number of rotatable bonds is 0. The van der Waals surface area contributed by atoms with Crippen LogP contribution in [0.1, 0.15) is 29.7 Å². The molecule has 0 aliphatic heterocycles. The van der Waals surface area contributed by atoms with E-state index in [0.717, 1.165) is 28.6 Å². The molecule has 0 N–H and O–H groups in total. The van der Waals surface area contributed by atoms with Crippen molar-refractivity contribution in [1.29, 1.82) is 0 Å². The van der Waals surface area contributed by atoms with E-state index < -0.39 is 0 Å². The summed E-state index contributed by atoms with van der Waals surface area (Å²) >= 11 is 1.71. The minimum absolute atomic E-state index is 0.0897. The van der Waals surface area contributed by atoms with E-state index in [9.17, 15) is 4.79 Å². The minimum atomic E-state index is 0.0897. The standard InChI is InChI=1S/C15H14N2OS/c18-15-13-11-6-2-1-3-7-12(11)19-14(13)16-9-10-5-4-8-17(10)15/h4-5,8-9H,1-3,6-7H2. The van der Waals surface area contributed by atoms with E-state index >= 15 is 0 Å². The number of aryl methyl sites for hydroxylation is 2. The molecule has 0 unspecified atom stereocenters. The Balaban J connectivity index is 2.18. The average Bonchev–Trinajstić information content (AvgIpc) is 2.91. The Morgan fingerprint density at radius 2 is 2.11 bits per heavy atom. The lowest BCUT2D eigenvalue weighted by Gasteiger charge is -1.96. The number of aromatic nitrogens is 2. The molecule has 0 saturated heterocycles. The zero-order valence-electron chi connectivity index (χ0n) is 10.6. The van der Waals surface area contributed by atoms with Gasteiger partial charge in [0.25, 0.3) is 5.56 Å². The molecule has 3 aromatic heterocycles. The molecule has 3 nitrogen and oxygen atoms in total. The molecule has 1 aliphatic carbocycles. The van der Waals surface area contributed by atoms with E-state index in [4.69, 9.17) is 0 Å². The van der Waals surface area contributed by atoms with Gasteiger partial charge in [-0.3, -0.25) is 9.20 Å². The Hall–Kier alpha value is -1.68. The van der Waals surface area contributed by atoms with Gasteiger partial charge in [-0.2, -0.15) is 0 Å². The molecule has 19 heavy (non-hydrogen) atoms. The number of nitrogens with zero attached hydrogens (tertiary/aromatic N) is 2. The summed E-state index contributed by atoms with van der Waals surface area (Å²) in [7, 11) is 0. The normalized spacial score (nSPS) is 15.6. The van der Waals surface area contributed by atoms with E-state index in [1.807, 2.05) is 18.3 Å². The highest BCUT2D eigenvalue weighted by Gasteiger charge is 2.18. The predicted molar refractivity (Wildman–Crippen MR) is 78.1 cm³/mol. The Morgan fingerprint density at radius 1 is 1.21 bits per heavy atom. The van der Waals surface area contributed by atoms with Crippen LogP contribution in [-0.2, 0) is 12.8 Å². The summed E-state index contributed by atoms with van der Waals surface area (Å²) in [6.07, 6.45) is 9.46. The minimum Gasteiger partial charge on any atom is -0.282 e. The van der Waals surface area contributed by atoms with Crippen molar-refractivity contribution in [3.63, 3.8) is 0 Å². The molecule has 3 aromatic rings. The molecule has 0 spiro atoms. The lowest BCUT2D eigenvalue weighted by molar-refractivity contribution is 0.713. The molecular formula is C15H14N2OS. The predicted octanol–water partition coefficient (Wildman–Crippen LogP) is 3.18. The number of hydrogen-bond donors (Lipinski definition) is 0. The van der Waals surface area contributed by atoms with Crippen molar-refractivity contribution in [2.75, 3.05) is 0 Å². The van der Waals surface area contributed by atoms with E-state index in [2.05, 4.69) is 4.98 Å². The van der Waals surface area contributed by atoms with Crippen LogP contribution < -0.4 is 5.56 Å². The lowest BCUT2D eigenvalue weighted by Crippen LogP contribution is -2.09. The zero-order valence-corrected chi connectivity index (χ0v) is 11.4. The van der Waals surface area contributed by atoms with E-state index in [-0.39, 0.29) is 5.56 Å². The second-order valence-corrected chi connectivity index (χ2v) is 6.19. The molecule has 0 radical (unpaired) electrons. The molecule has 0 saturated carbocycles. The van der Waals surface area contributed by atoms with Crippen molar-refractivity contribution >= 4 is 27.1 Å². The first kappa shape index (κ1) is 11.2. The molecule has 4 heteroatoms. The van der Waals surface area contributed by atoms with Crippen LogP contribution in [0.2, 0.25) is 0 Å². The lowest BCUT2D eigenvalue weighted by atomic mass is 10.1.